The van der Waals surface area contributed by atoms with Gasteiger partial charge in [-0.05, 0) is 53.6 Å². The van der Waals surface area contributed by atoms with E-state index in [4.69, 9.17) is 9.72 Å². The summed E-state index contributed by atoms with van der Waals surface area (Å²) in [6.07, 6.45) is 7.86. The van der Waals surface area contributed by atoms with Crippen LogP contribution in [-0.4, -0.2) is 28.6 Å². The van der Waals surface area contributed by atoms with Crippen LogP contribution in [0.5, 0.6) is 11.5 Å². The highest BCUT2D eigenvalue weighted by atomic mass is 16.5. The van der Waals surface area contributed by atoms with Crippen LogP contribution >= 0.6 is 0 Å². The third-order valence-corrected chi connectivity index (χ3v) is 6.32. The third kappa shape index (κ3) is 4.93. The fraction of sp³-hybridized carbons (Fsp3) is 0.0625. The Morgan fingerprint density at radius 3 is 2.22 bits per heavy atom. The van der Waals surface area contributed by atoms with Crippen LogP contribution in [0.2, 0.25) is 0 Å². The molecule has 6 rings (SSSR count). The van der Waals surface area contributed by atoms with Crippen LogP contribution < -0.4 is 9.64 Å². The Kier molecular flexibility index (Phi) is 6.09. The van der Waals surface area contributed by atoms with Gasteiger partial charge in [0.1, 0.15) is 11.5 Å². The van der Waals surface area contributed by atoms with Gasteiger partial charge in [-0.1, -0.05) is 54.6 Å². The maximum Gasteiger partial charge on any atom is 0.129 e. The molecule has 1 aliphatic rings. The standard InChI is InChI=1S/C32H26N4O/c1-35-17-18-36(23-35)26-12-8-14-28(20-26)37-27-13-7-11-25(19-27)32-21-29(24-9-3-2-4-10-24)30(22-34-32)31-15-5-6-16-33-31/h2-22H,23H2,1H3. The van der Waals surface area contributed by atoms with Crippen LogP contribution in [0, 0.1) is 0 Å². The molecule has 3 aromatic carbocycles. The third-order valence-electron chi connectivity index (χ3n) is 6.32. The Labute approximate surface area is 216 Å². The molecule has 0 fully saturated rings. The van der Waals surface area contributed by atoms with Crippen LogP contribution in [0.15, 0.2) is 128 Å². The van der Waals surface area contributed by atoms with E-state index in [-0.39, 0.29) is 0 Å². The lowest BCUT2D eigenvalue weighted by Gasteiger charge is -2.19. The van der Waals surface area contributed by atoms with E-state index in [2.05, 4.69) is 82.8 Å². The van der Waals surface area contributed by atoms with E-state index in [1.165, 1.54) is 0 Å². The Balaban J connectivity index is 1.32. The summed E-state index contributed by atoms with van der Waals surface area (Å²) in [6.45, 7) is 0.822. The summed E-state index contributed by atoms with van der Waals surface area (Å²) in [4.78, 5) is 13.7. The summed E-state index contributed by atoms with van der Waals surface area (Å²) in [5, 5.41) is 0. The molecule has 0 amide bonds. The lowest BCUT2D eigenvalue weighted by Crippen LogP contribution is -2.21. The van der Waals surface area contributed by atoms with Crippen molar-refractivity contribution in [2.75, 3.05) is 18.6 Å². The molecule has 2 aromatic heterocycles. The summed E-state index contributed by atoms with van der Waals surface area (Å²) >= 11 is 0. The predicted molar refractivity (Wildman–Crippen MR) is 149 cm³/mol. The van der Waals surface area contributed by atoms with Crippen molar-refractivity contribution in [1.29, 1.82) is 0 Å². The number of hydrogen-bond donors (Lipinski definition) is 0. The minimum Gasteiger partial charge on any atom is -0.457 e. The molecule has 1 aliphatic heterocycles. The fourth-order valence-corrected chi connectivity index (χ4v) is 4.47. The second kappa shape index (κ2) is 9.99. The molecule has 180 valence electrons. The van der Waals surface area contributed by atoms with Crippen molar-refractivity contribution in [3.8, 4) is 45.1 Å². The number of benzene rings is 3. The van der Waals surface area contributed by atoms with Gasteiger partial charge in [0, 0.05) is 54.7 Å². The molecule has 5 heteroatoms. The smallest absolute Gasteiger partial charge is 0.129 e. The monoisotopic (exact) mass is 482 g/mol. The van der Waals surface area contributed by atoms with Crippen molar-refractivity contribution in [3.63, 3.8) is 0 Å². The molecule has 0 unspecified atom stereocenters. The molecule has 0 aliphatic carbocycles. The number of nitrogens with zero attached hydrogens (tertiary/aromatic N) is 4. The zero-order valence-corrected chi connectivity index (χ0v) is 20.5. The van der Waals surface area contributed by atoms with E-state index in [9.17, 15) is 0 Å². The van der Waals surface area contributed by atoms with E-state index in [1.807, 2.05) is 67.0 Å². The van der Waals surface area contributed by atoms with Gasteiger partial charge in [0.25, 0.3) is 0 Å². The molecular formula is C32H26N4O. The summed E-state index contributed by atoms with van der Waals surface area (Å²) in [5.74, 6) is 1.56. The van der Waals surface area contributed by atoms with Crippen molar-refractivity contribution >= 4 is 5.69 Å². The molecule has 37 heavy (non-hydrogen) atoms. The van der Waals surface area contributed by atoms with E-state index >= 15 is 0 Å². The summed E-state index contributed by atoms with van der Waals surface area (Å²) < 4.78 is 6.27. The number of rotatable bonds is 6. The fourth-order valence-electron chi connectivity index (χ4n) is 4.47. The van der Waals surface area contributed by atoms with Crippen LogP contribution in [-0.2, 0) is 0 Å². The molecule has 0 saturated heterocycles. The SMILES string of the molecule is CN1C=CN(c2cccc(Oc3cccc(-c4cc(-c5ccccc5)c(-c5ccccn5)cn4)c3)c2)C1. The second-order valence-electron chi connectivity index (χ2n) is 8.99. The Bertz CT molecular complexity index is 1550. The van der Waals surface area contributed by atoms with Gasteiger partial charge < -0.3 is 14.5 Å². The van der Waals surface area contributed by atoms with Crippen molar-refractivity contribution in [2.45, 2.75) is 0 Å². The minimum absolute atomic E-state index is 0.764. The molecule has 5 nitrogen and oxygen atoms in total. The van der Waals surface area contributed by atoms with E-state index in [0.717, 1.165) is 57.5 Å². The molecule has 3 heterocycles. The molecule has 0 bridgehead atoms. The summed E-state index contributed by atoms with van der Waals surface area (Å²) in [7, 11) is 2.06. The topological polar surface area (TPSA) is 41.5 Å². The number of hydrogen-bond acceptors (Lipinski definition) is 5. The van der Waals surface area contributed by atoms with Crippen LogP contribution in [0.25, 0.3) is 33.6 Å². The number of anilines is 1. The minimum atomic E-state index is 0.764. The number of ether oxygens (including phenoxy) is 1. The maximum atomic E-state index is 6.27. The molecular weight excluding hydrogens is 456 g/mol. The highest BCUT2D eigenvalue weighted by molar-refractivity contribution is 5.84. The van der Waals surface area contributed by atoms with Crippen molar-refractivity contribution in [2.24, 2.45) is 0 Å². The van der Waals surface area contributed by atoms with Gasteiger partial charge in [-0.2, -0.15) is 0 Å². The Morgan fingerprint density at radius 2 is 1.43 bits per heavy atom. The van der Waals surface area contributed by atoms with Gasteiger partial charge in [-0.25, -0.2) is 0 Å². The summed E-state index contributed by atoms with van der Waals surface area (Å²) in [5.41, 5.74) is 7.07. The van der Waals surface area contributed by atoms with E-state index in [1.54, 1.807) is 0 Å². The van der Waals surface area contributed by atoms with Crippen LogP contribution in [0.1, 0.15) is 0 Å². The van der Waals surface area contributed by atoms with E-state index < -0.39 is 0 Å². The highest BCUT2D eigenvalue weighted by Crippen LogP contribution is 2.35. The molecule has 5 aromatic rings. The van der Waals surface area contributed by atoms with Gasteiger partial charge in [0.15, 0.2) is 0 Å². The van der Waals surface area contributed by atoms with Gasteiger partial charge in [0.2, 0.25) is 0 Å². The highest BCUT2D eigenvalue weighted by Gasteiger charge is 2.14. The van der Waals surface area contributed by atoms with Gasteiger partial charge in [0.05, 0.1) is 18.1 Å². The van der Waals surface area contributed by atoms with Crippen molar-refractivity contribution < 1.29 is 4.74 Å². The Morgan fingerprint density at radius 1 is 0.649 bits per heavy atom. The first-order chi connectivity index (χ1) is 18.2. The van der Waals surface area contributed by atoms with E-state index in [0.29, 0.717) is 0 Å². The zero-order valence-electron chi connectivity index (χ0n) is 20.5. The molecule has 0 N–H and O–H groups in total. The van der Waals surface area contributed by atoms with Gasteiger partial charge in [-0.15, -0.1) is 0 Å². The average molecular weight is 483 g/mol. The van der Waals surface area contributed by atoms with Crippen LogP contribution in [0.4, 0.5) is 5.69 Å². The number of pyridine rings is 2. The first-order valence-corrected chi connectivity index (χ1v) is 12.2. The molecule has 0 saturated carbocycles. The van der Waals surface area contributed by atoms with Crippen molar-refractivity contribution in [1.82, 2.24) is 14.9 Å². The van der Waals surface area contributed by atoms with Gasteiger partial charge >= 0.3 is 0 Å². The molecule has 0 spiro atoms. The predicted octanol–water partition coefficient (Wildman–Crippen LogP) is 7.45. The first-order valence-electron chi connectivity index (χ1n) is 12.2. The first kappa shape index (κ1) is 22.6. The second-order valence-corrected chi connectivity index (χ2v) is 8.99. The zero-order chi connectivity index (χ0) is 25.0. The van der Waals surface area contributed by atoms with Crippen LogP contribution in [0.3, 0.4) is 0 Å². The average Bonchev–Trinajstić information content (AvgIpc) is 3.40. The molecule has 0 radical (unpaired) electrons. The quantitative estimate of drug-likeness (QED) is 0.251. The van der Waals surface area contributed by atoms with Crippen molar-refractivity contribution in [3.05, 3.63) is 128 Å². The largest absolute Gasteiger partial charge is 0.457 e. The maximum absolute atomic E-state index is 6.27. The molecule has 0 atom stereocenters. The lowest BCUT2D eigenvalue weighted by atomic mass is 9.97. The number of aromatic nitrogens is 2. The Hall–Kier alpha value is -4.90. The van der Waals surface area contributed by atoms with Gasteiger partial charge in [-0.3, -0.25) is 9.97 Å². The normalized spacial score (nSPS) is 12.7. The summed E-state index contributed by atoms with van der Waals surface area (Å²) in [6, 6.07) is 34.7. The lowest BCUT2D eigenvalue weighted by molar-refractivity contribution is 0.481.